The van der Waals surface area contributed by atoms with Crippen molar-refractivity contribution in [2.24, 2.45) is 5.73 Å². The van der Waals surface area contributed by atoms with E-state index in [1.54, 1.807) is 0 Å². The molecular formula is C17H29Cl2N3O2. The highest BCUT2D eigenvalue weighted by atomic mass is 35.5. The summed E-state index contributed by atoms with van der Waals surface area (Å²) in [4.78, 5) is 14.5. The molecule has 1 amide bonds. The van der Waals surface area contributed by atoms with E-state index in [0.29, 0.717) is 32.6 Å². The van der Waals surface area contributed by atoms with Crippen LogP contribution in [0.5, 0.6) is 0 Å². The Hall–Kier alpha value is -0.850. The van der Waals surface area contributed by atoms with E-state index in [2.05, 4.69) is 36.3 Å². The van der Waals surface area contributed by atoms with Crippen molar-refractivity contribution in [1.29, 1.82) is 0 Å². The minimum Gasteiger partial charge on any atom is -0.381 e. The second kappa shape index (κ2) is 10.9. The molecule has 1 fully saturated rings. The number of hydrogen-bond donors (Lipinski definition) is 2. The maximum atomic E-state index is 12.3. The molecule has 24 heavy (non-hydrogen) atoms. The van der Waals surface area contributed by atoms with Crippen molar-refractivity contribution >= 4 is 30.7 Å². The number of carbonyl (C=O) groups is 1. The first-order valence-electron chi connectivity index (χ1n) is 7.90. The van der Waals surface area contributed by atoms with E-state index in [9.17, 15) is 4.79 Å². The topological polar surface area (TPSA) is 67.6 Å². The molecule has 0 saturated carbocycles. The molecule has 1 heterocycles. The molecule has 3 N–H and O–H groups in total. The number of nitrogens with two attached hydrogens (primary N) is 1. The van der Waals surface area contributed by atoms with Crippen molar-refractivity contribution in [2.45, 2.75) is 37.9 Å². The van der Waals surface area contributed by atoms with Gasteiger partial charge in [-0.15, -0.1) is 24.8 Å². The summed E-state index contributed by atoms with van der Waals surface area (Å²) in [5.74, 6) is -0.0595. The lowest BCUT2D eigenvalue weighted by molar-refractivity contribution is -0.130. The van der Waals surface area contributed by atoms with Gasteiger partial charge in [-0.3, -0.25) is 9.69 Å². The number of nitrogens with zero attached hydrogens (tertiary/aromatic N) is 1. The van der Waals surface area contributed by atoms with Crippen LogP contribution in [0.4, 0.5) is 0 Å². The summed E-state index contributed by atoms with van der Waals surface area (Å²) in [6, 6.07) is 10.6. The minimum absolute atomic E-state index is 0. The number of hydrogen-bond acceptors (Lipinski definition) is 4. The van der Waals surface area contributed by atoms with Crippen molar-refractivity contribution in [2.75, 3.05) is 26.8 Å². The maximum Gasteiger partial charge on any atom is 0.240 e. The first kappa shape index (κ1) is 23.1. The molecule has 0 aliphatic carbocycles. The van der Waals surface area contributed by atoms with Gasteiger partial charge in [0.2, 0.25) is 5.91 Å². The Balaban J connectivity index is 0.00000264. The number of likely N-dealkylation sites (N-methyl/N-ethyl adjacent to an activating group) is 1. The highest BCUT2D eigenvalue weighted by Crippen LogP contribution is 2.17. The van der Waals surface area contributed by atoms with Gasteiger partial charge in [0, 0.05) is 32.3 Å². The fraction of sp³-hybridized carbons (Fsp3) is 0.588. The average molecular weight is 378 g/mol. The quantitative estimate of drug-likeness (QED) is 0.794. The predicted molar refractivity (Wildman–Crippen MR) is 102 cm³/mol. The number of benzene rings is 1. The largest absolute Gasteiger partial charge is 0.381 e. The van der Waals surface area contributed by atoms with Crippen LogP contribution in [0.15, 0.2) is 30.3 Å². The SMILES string of the molecule is CC(CNC(=O)C1(N)CCOCC1)N(C)Cc1ccccc1.Cl.Cl. The molecule has 1 aliphatic rings. The molecule has 1 saturated heterocycles. The first-order valence-corrected chi connectivity index (χ1v) is 7.90. The van der Waals surface area contributed by atoms with Gasteiger partial charge in [0.1, 0.15) is 0 Å². The lowest BCUT2D eigenvalue weighted by Gasteiger charge is -2.33. The van der Waals surface area contributed by atoms with Crippen molar-refractivity contribution in [3.63, 3.8) is 0 Å². The van der Waals surface area contributed by atoms with Gasteiger partial charge < -0.3 is 15.8 Å². The monoisotopic (exact) mass is 377 g/mol. The van der Waals surface area contributed by atoms with Gasteiger partial charge in [-0.1, -0.05) is 30.3 Å². The van der Waals surface area contributed by atoms with Gasteiger partial charge in [-0.25, -0.2) is 0 Å². The number of rotatable bonds is 6. The summed E-state index contributed by atoms with van der Waals surface area (Å²) in [5.41, 5.74) is 6.68. The number of nitrogens with one attached hydrogen (secondary N) is 1. The summed E-state index contributed by atoms with van der Waals surface area (Å²) >= 11 is 0. The Morgan fingerprint density at radius 2 is 1.88 bits per heavy atom. The van der Waals surface area contributed by atoms with Crippen molar-refractivity contribution < 1.29 is 9.53 Å². The molecule has 2 rings (SSSR count). The molecule has 7 heteroatoms. The Morgan fingerprint density at radius 3 is 2.46 bits per heavy atom. The van der Waals surface area contributed by atoms with Gasteiger partial charge in [-0.2, -0.15) is 0 Å². The molecule has 1 aromatic rings. The van der Waals surface area contributed by atoms with Crippen molar-refractivity contribution in [3.05, 3.63) is 35.9 Å². The molecule has 5 nitrogen and oxygen atoms in total. The highest BCUT2D eigenvalue weighted by molar-refractivity contribution is 5.86. The van der Waals surface area contributed by atoms with Crippen LogP contribution >= 0.6 is 24.8 Å². The second-order valence-corrected chi connectivity index (χ2v) is 6.23. The average Bonchev–Trinajstić information content (AvgIpc) is 2.53. The smallest absolute Gasteiger partial charge is 0.240 e. The Bertz CT molecular complexity index is 482. The molecule has 0 spiro atoms. The summed E-state index contributed by atoms with van der Waals surface area (Å²) in [6.45, 7) is 4.69. The van der Waals surface area contributed by atoms with Crippen LogP contribution in [0.25, 0.3) is 0 Å². The molecule has 1 unspecified atom stereocenters. The normalized spacial score (nSPS) is 17.3. The molecule has 1 aliphatic heterocycles. The molecule has 0 aromatic heterocycles. The zero-order valence-electron chi connectivity index (χ0n) is 14.4. The third kappa shape index (κ3) is 6.57. The first-order chi connectivity index (χ1) is 10.5. The van der Waals surface area contributed by atoms with E-state index >= 15 is 0 Å². The Morgan fingerprint density at radius 1 is 1.29 bits per heavy atom. The fourth-order valence-electron chi connectivity index (χ4n) is 2.56. The predicted octanol–water partition coefficient (Wildman–Crippen LogP) is 1.97. The van der Waals surface area contributed by atoms with E-state index in [1.807, 2.05) is 18.2 Å². The van der Waals surface area contributed by atoms with Gasteiger partial charge in [-0.05, 0) is 32.4 Å². The van der Waals surface area contributed by atoms with Crippen molar-refractivity contribution in [3.8, 4) is 0 Å². The zero-order chi connectivity index (χ0) is 16.0. The van der Waals surface area contributed by atoms with Crippen LogP contribution in [-0.4, -0.2) is 49.2 Å². The summed E-state index contributed by atoms with van der Waals surface area (Å²) < 4.78 is 5.28. The number of ether oxygens (including phenoxy) is 1. The van der Waals surface area contributed by atoms with Crippen LogP contribution in [0, 0.1) is 0 Å². The van der Waals surface area contributed by atoms with E-state index in [0.717, 1.165) is 6.54 Å². The summed E-state index contributed by atoms with van der Waals surface area (Å²) in [5, 5.41) is 3.00. The van der Waals surface area contributed by atoms with Gasteiger partial charge in [0.25, 0.3) is 0 Å². The molecule has 0 radical (unpaired) electrons. The van der Waals surface area contributed by atoms with E-state index in [1.165, 1.54) is 5.56 Å². The van der Waals surface area contributed by atoms with Gasteiger partial charge in [0.15, 0.2) is 0 Å². The van der Waals surface area contributed by atoms with Crippen LogP contribution in [0.2, 0.25) is 0 Å². The summed E-state index contributed by atoms with van der Waals surface area (Å²) in [6.07, 6.45) is 1.18. The van der Waals surface area contributed by atoms with Crippen LogP contribution in [-0.2, 0) is 16.1 Å². The minimum atomic E-state index is -0.768. The molecule has 0 bridgehead atoms. The second-order valence-electron chi connectivity index (χ2n) is 6.23. The summed E-state index contributed by atoms with van der Waals surface area (Å²) in [7, 11) is 2.07. The van der Waals surface area contributed by atoms with Gasteiger partial charge >= 0.3 is 0 Å². The fourth-order valence-corrected chi connectivity index (χ4v) is 2.56. The molecule has 138 valence electrons. The highest BCUT2D eigenvalue weighted by Gasteiger charge is 2.35. The van der Waals surface area contributed by atoms with Crippen LogP contribution < -0.4 is 11.1 Å². The molecule has 1 atom stereocenters. The van der Waals surface area contributed by atoms with E-state index in [4.69, 9.17) is 10.5 Å². The molecular weight excluding hydrogens is 349 g/mol. The zero-order valence-corrected chi connectivity index (χ0v) is 16.0. The Labute approximate surface area is 157 Å². The van der Waals surface area contributed by atoms with E-state index < -0.39 is 5.54 Å². The lowest BCUT2D eigenvalue weighted by Crippen LogP contribution is -2.58. The Kier molecular flexibility index (Phi) is 10.5. The number of carbonyl (C=O) groups excluding carboxylic acids is 1. The number of halogens is 2. The molecule has 1 aromatic carbocycles. The number of amides is 1. The third-order valence-electron chi connectivity index (χ3n) is 4.42. The van der Waals surface area contributed by atoms with Crippen LogP contribution in [0.3, 0.4) is 0 Å². The standard InChI is InChI=1S/C17H27N3O2.2ClH/c1-14(20(2)13-15-6-4-3-5-7-15)12-19-16(21)17(18)8-10-22-11-9-17;;/h3-7,14H,8-13,18H2,1-2H3,(H,19,21);2*1H. The lowest BCUT2D eigenvalue weighted by atomic mass is 9.90. The third-order valence-corrected chi connectivity index (χ3v) is 4.42. The van der Waals surface area contributed by atoms with Gasteiger partial charge in [0.05, 0.1) is 5.54 Å². The maximum absolute atomic E-state index is 12.3. The van der Waals surface area contributed by atoms with Crippen LogP contribution in [0.1, 0.15) is 25.3 Å². The van der Waals surface area contributed by atoms with Crippen molar-refractivity contribution in [1.82, 2.24) is 10.2 Å². The van der Waals surface area contributed by atoms with E-state index in [-0.39, 0.29) is 36.8 Å².